The number of carboxylic acids is 1. The van der Waals surface area contributed by atoms with E-state index in [1.54, 1.807) is 21.1 Å². The van der Waals surface area contributed by atoms with Gasteiger partial charge in [-0.25, -0.2) is 0 Å². The number of rotatable bonds is 34. The molecule has 0 aromatic rings. The summed E-state index contributed by atoms with van der Waals surface area (Å²) < 4.78 is 17.1. The smallest absolute Gasteiger partial charge is 0.306 e. The molecule has 272 valence electrons. The Kier molecular flexibility index (Phi) is 29.5. The van der Waals surface area contributed by atoms with Gasteiger partial charge in [0.15, 0.2) is 6.10 Å². The first-order chi connectivity index (χ1) is 22.1. The van der Waals surface area contributed by atoms with Crippen LogP contribution in [0.2, 0.25) is 0 Å². The largest absolute Gasteiger partial charge is 0.544 e. The third-order valence-electron chi connectivity index (χ3n) is 8.74. The van der Waals surface area contributed by atoms with Gasteiger partial charge in [-0.2, -0.15) is 0 Å². The second-order valence-corrected chi connectivity index (χ2v) is 14.2. The molecule has 0 bridgehead atoms. The Bertz CT molecular complexity index is 737. The molecule has 0 spiro atoms. The van der Waals surface area contributed by atoms with E-state index in [9.17, 15) is 19.5 Å². The molecule has 8 nitrogen and oxygen atoms in total. The van der Waals surface area contributed by atoms with E-state index in [1.807, 2.05) is 0 Å². The number of hydrogen-bond donors (Lipinski definition) is 0. The number of quaternary nitrogens is 1. The number of nitrogens with zero attached hydrogens (tertiary/aromatic N) is 1. The maximum atomic E-state index is 12.6. The zero-order valence-corrected chi connectivity index (χ0v) is 30.8. The number of carboxylic acid groups (broad SMARTS) is 1. The molecule has 2 unspecified atom stereocenters. The lowest BCUT2D eigenvalue weighted by atomic mass is 10.0. The van der Waals surface area contributed by atoms with E-state index >= 15 is 0 Å². The molecule has 0 aliphatic carbocycles. The lowest BCUT2D eigenvalue weighted by Crippen LogP contribution is -2.55. The first kappa shape index (κ1) is 44.3. The zero-order chi connectivity index (χ0) is 34.3. The Morgan fingerprint density at radius 1 is 0.565 bits per heavy atom. The summed E-state index contributed by atoms with van der Waals surface area (Å²) in [4.78, 5) is 36.6. The summed E-state index contributed by atoms with van der Waals surface area (Å²) in [5, 5.41) is 11.6. The molecule has 0 aromatic carbocycles. The molecule has 46 heavy (non-hydrogen) atoms. The SMILES string of the molecule is CCCCCCCCCCCCCCC(=O)OC(COCCC(C(=O)[O-])[N+](C)(C)C)COC(=O)CCCCCCCCCCCC. The highest BCUT2D eigenvalue weighted by atomic mass is 16.6. The second-order valence-electron chi connectivity index (χ2n) is 14.2. The molecule has 0 heterocycles. The molecular weight excluding hydrogens is 582 g/mol. The normalized spacial score (nSPS) is 13.0. The Morgan fingerprint density at radius 2 is 0.957 bits per heavy atom. The first-order valence-electron chi connectivity index (χ1n) is 19.1. The van der Waals surface area contributed by atoms with E-state index in [0.717, 1.165) is 38.5 Å². The topological polar surface area (TPSA) is 102 Å². The molecule has 0 rings (SSSR count). The van der Waals surface area contributed by atoms with Crippen molar-refractivity contribution in [2.24, 2.45) is 0 Å². The highest BCUT2D eigenvalue weighted by Crippen LogP contribution is 2.14. The van der Waals surface area contributed by atoms with Crippen molar-refractivity contribution < 1.29 is 38.2 Å². The van der Waals surface area contributed by atoms with Crippen molar-refractivity contribution in [1.82, 2.24) is 0 Å². The third kappa shape index (κ3) is 28.5. The lowest BCUT2D eigenvalue weighted by Gasteiger charge is -2.34. The molecule has 0 amide bonds. The lowest BCUT2D eigenvalue weighted by molar-refractivity contribution is -0.889. The predicted octanol–water partition coefficient (Wildman–Crippen LogP) is 8.08. The van der Waals surface area contributed by atoms with Gasteiger partial charge in [0.05, 0.1) is 40.3 Å². The predicted molar refractivity (Wildman–Crippen MR) is 185 cm³/mol. The van der Waals surface area contributed by atoms with Crippen molar-refractivity contribution in [2.45, 2.75) is 187 Å². The van der Waals surface area contributed by atoms with Crippen LogP contribution in [0, 0.1) is 0 Å². The molecule has 8 heteroatoms. The molecule has 0 saturated heterocycles. The molecule has 0 aliphatic rings. The van der Waals surface area contributed by atoms with Crippen LogP contribution in [0.1, 0.15) is 174 Å². The summed E-state index contributed by atoms with van der Waals surface area (Å²) >= 11 is 0. The summed E-state index contributed by atoms with van der Waals surface area (Å²) in [5.41, 5.74) is 0. The minimum atomic E-state index is -1.12. The van der Waals surface area contributed by atoms with Crippen LogP contribution in [0.15, 0.2) is 0 Å². The van der Waals surface area contributed by atoms with E-state index in [4.69, 9.17) is 14.2 Å². The maximum absolute atomic E-state index is 12.6. The number of likely N-dealkylation sites (N-methyl/N-ethyl adjacent to an activating group) is 1. The Morgan fingerprint density at radius 3 is 1.35 bits per heavy atom. The summed E-state index contributed by atoms with van der Waals surface area (Å²) in [6.45, 7) is 4.65. The summed E-state index contributed by atoms with van der Waals surface area (Å²) in [6.07, 6.45) is 26.9. The quantitative estimate of drug-likeness (QED) is 0.0392. The minimum absolute atomic E-state index is 0.0482. The van der Waals surface area contributed by atoms with Gasteiger partial charge in [0.1, 0.15) is 12.6 Å². The number of carbonyl (C=O) groups excluding carboxylic acids is 3. The van der Waals surface area contributed by atoms with Gasteiger partial charge in [0, 0.05) is 19.3 Å². The van der Waals surface area contributed by atoms with Gasteiger partial charge in [0.2, 0.25) is 0 Å². The molecule has 0 radical (unpaired) electrons. The molecule has 0 aliphatic heterocycles. The van der Waals surface area contributed by atoms with Crippen molar-refractivity contribution in [3.05, 3.63) is 0 Å². The third-order valence-corrected chi connectivity index (χ3v) is 8.74. The van der Waals surface area contributed by atoms with Gasteiger partial charge in [-0.1, -0.05) is 142 Å². The number of carbonyl (C=O) groups is 3. The van der Waals surface area contributed by atoms with Gasteiger partial charge in [0.25, 0.3) is 0 Å². The molecule has 2 atom stereocenters. The first-order valence-corrected chi connectivity index (χ1v) is 19.1. The fourth-order valence-electron chi connectivity index (χ4n) is 5.72. The Hall–Kier alpha value is -1.67. The Balaban J connectivity index is 4.40. The fraction of sp³-hybridized carbons (Fsp3) is 0.921. The minimum Gasteiger partial charge on any atom is -0.544 e. The van der Waals surface area contributed by atoms with E-state index in [0.29, 0.717) is 12.8 Å². The average molecular weight is 656 g/mol. The van der Waals surface area contributed by atoms with E-state index in [1.165, 1.54) is 103 Å². The van der Waals surface area contributed by atoms with Crippen LogP contribution in [-0.2, 0) is 28.6 Å². The van der Waals surface area contributed by atoms with Gasteiger partial charge in [-0.15, -0.1) is 0 Å². The van der Waals surface area contributed by atoms with Crippen LogP contribution >= 0.6 is 0 Å². The van der Waals surface area contributed by atoms with Crippen LogP contribution in [0.5, 0.6) is 0 Å². The molecule has 0 N–H and O–H groups in total. The number of ether oxygens (including phenoxy) is 3. The fourth-order valence-corrected chi connectivity index (χ4v) is 5.72. The monoisotopic (exact) mass is 656 g/mol. The summed E-state index contributed by atoms with van der Waals surface area (Å²) in [7, 11) is 5.40. The number of aliphatic carboxylic acids is 1. The molecule has 0 saturated carbocycles. The van der Waals surface area contributed by atoms with Crippen molar-refractivity contribution in [2.75, 3.05) is 41.0 Å². The zero-order valence-electron chi connectivity index (χ0n) is 30.8. The highest BCUT2D eigenvalue weighted by Gasteiger charge is 2.25. The van der Waals surface area contributed by atoms with Gasteiger partial charge in [-0.3, -0.25) is 9.59 Å². The van der Waals surface area contributed by atoms with Crippen LogP contribution in [0.4, 0.5) is 0 Å². The van der Waals surface area contributed by atoms with Crippen molar-refractivity contribution in [1.29, 1.82) is 0 Å². The number of unbranched alkanes of at least 4 members (excludes halogenated alkanes) is 20. The van der Waals surface area contributed by atoms with Crippen LogP contribution in [0.3, 0.4) is 0 Å². The van der Waals surface area contributed by atoms with E-state index < -0.39 is 18.1 Å². The molecule has 0 aromatic heterocycles. The van der Waals surface area contributed by atoms with Gasteiger partial charge < -0.3 is 28.6 Å². The molecule has 0 fully saturated rings. The number of esters is 2. The van der Waals surface area contributed by atoms with Crippen molar-refractivity contribution in [3.63, 3.8) is 0 Å². The van der Waals surface area contributed by atoms with Crippen LogP contribution in [-0.4, -0.2) is 75.5 Å². The number of hydrogen-bond acceptors (Lipinski definition) is 7. The standard InChI is InChI=1S/C38H73NO7/c1-6-8-10-12-14-16-18-19-21-23-25-27-29-37(41)46-34(32-44-31-30-35(38(42)43)39(3,4)5)33-45-36(40)28-26-24-22-20-17-15-13-11-9-7-2/h34-35H,6-33H2,1-5H3. The maximum Gasteiger partial charge on any atom is 0.306 e. The summed E-state index contributed by atoms with van der Waals surface area (Å²) in [6, 6.07) is -0.717. The van der Waals surface area contributed by atoms with E-state index in [-0.39, 0.29) is 42.7 Å². The highest BCUT2D eigenvalue weighted by molar-refractivity contribution is 5.70. The van der Waals surface area contributed by atoms with Crippen molar-refractivity contribution >= 4 is 17.9 Å². The average Bonchev–Trinajstić information content (AvgIpc) is 3.00. The van der Waals surface area contributed by atoms with Gasteiger partial charge in [-0.05, 0) is 12.8 Å². The Labute approximate surface area is 283 Å². The van der Waals surface area contributed by atoms with Crippen molar-refractivity contribution in [3.8, 4) is 0 Å². The summed E-state index contributed by atoms with van der Waals surface area (Å²) in [5.74, 6) is -1.73. The van der Waals surface area contributed by atoms with Gasteiger partial charge >= 0.3 is 11.9 Å². The van der Waals surface area contributed by atoms with Crippen LogP contribution < -0.4 is 5.11 Å². The van der Waals surface area contributed by atoms with E-state index in [2.05, 4.69) is 13.8 Å². The second kappa shape index (κ2) is 30.7. The molecular formula is C38H73NO7. The van der Waals surface area contributed by atoms with Crippen LogP contribution in [0.25, 0.3) is 0 Å².